The van der Waals surface area contributed by atoms with Crippen LogP contribution >= 0.6 is 11.8 Å². The van der Waals surface area contributed by atoms with E-state index >= 15 is 0 Å². The molecule has 0 radical (unpaired) electrons. The molecule has 0 aliphatic carbocycles. The largest absolute Gasteiger partial charge is 0.496 e. The molecule has 3 rings (SSSR count). The van der Waals surface area contributed by atoms with E-state index in [0.717, 1.165) is 10.5 Å². The summed E-state index contributed by atoms with van der Waals surface area (Å²) in [5.74, 6) is 0.606. The summed E-state index contributed by atoms with van der Waals surface area (Å²) in [6.45, 7) is 10.2. The Labute approximate surface area is 219 Å². The van der Waals surface area contributed by atoms with E-state index in [4.69, 9.17) is 14.2 Å². The van der Waals surface area contributed by atoms with Crippen molar-refractivity contribution < 1.29 is 23.8 Å². The molecule has 0 aliphatic heterocycles. The number of fused-ring (bicyclic) bond motifs is 1. The maximum Gasteiger partial charge on any atom is 0.424 e. The minimum atomic E-state index is -0.987. The van der Waals surface area contributed by atoms with E-state index in [1.807, 2.05) is 18.2 Å². The summed E-state index contributed by atoms with van der Waals surface area (Å²) < 4.78 is 17.9. The van der Waals surface area contributed by atoms with Gasteiger partial charge in [-0.3, -0.25) is 9.36 Å². The molecule has 0 atom stereocenters. The monoisotopic (exact) mass is 528 g/mol. The Hall–Kier alpha value is -3.60. The van der Waals surface area contributed by atoms with Gasteiger partial charge in [-0.1, -0.05) is 30.0 Å². The summed E-state index contributed by atoms with van der Waals surface area (Å²) in [5.41, 5.74) is -1.35. The lowest BCUT2D eigenvalue weighted by atomic mass is 10.2. The highest BCUT2D eigenvalue weighted by molar-refractivity contribution is 7.98. The number of carbonyl (C=O) groups is 2. The van der Waals surface area contributed by atoms with Gasteiger partial charge in [-0.25, -0.2) is 19.6 Å². The highest BCUT2D eigenvalue weighted by Crippen LogP contribution is 2.29. The van der Waals surface area contributed by atoms with Crippen molar-refractivity contribution >= 4 is 40.7 Å². The van der Waals surface area contributed by atoms with E-state index in [1.165, 1.54) is 28.6 Å². The van der Waals surface area contributed by atoms with Crippen molar-refractivity contribution in [3.8, 4) is 5.75 Å². The number of hydrogen-bond donors (Lipinski definition) is 0. The first-order valence-electron chi connectivity index (χ1n) is 11.6. The molecular weight excluding hydrogens is 496 g/mol. The van der Waals surface area contributed by atoms with E-state index < -0.39 is 28.9 Å². The molecule has 10 nitrogen and oxygen atoms in total. The number of rotatable bonds is 5. The first-order valence-corrected chi connectivity index (χ1v) is 12.8. The molecule has 0 N–H and O–H groups in total. The zero-order valence-electron chi connectivity index (χ0n) is 22.3. The highest BCUT2D eigenvalue weighted by atomic mass is 32.2. The molecule has 0 aliphatic rings. The van der Waals surface area contributed by atoms with E-state index in [0.29, 0.717) is 16.3 Å². The number of thioether (sulfide) groups is 1. The van der Waals surface area contributed by atoms with Gasteiger partial charge in [0.15, 0.2) is 5.16 Å². The molecule has 2 heterocycles. The van der Waals surface area contributed by atoms with Crippen molar-refractivity contribution in [2.45, 2.75) is 64.4 Å². The molecule has 2 amide bonds. The number of benzene rings is 1. The maximum atomic E-state index is 13.5. The van der Waals surface area contributed by atoms with Crippen LogP contribution in [-0.2, 0) is 16.0 Å². The molecule has 11 heteroatoms. The fraction of sp³-hybridized carbons (Fsp3) is 0.423. The summed E-state index contributed by atoms with van der Waals surface area (Å²) >= 11 is 1.30. The van der Waals surface area contributed by atoms with E-state index in [-0.39, 0.29) is 17.9 Å². The lowest BCUT2D eigenvalue weighted by Gasteiger charge is -2.29. The number of anilines is 1. The van der Waals surface area contributed by atoms with Crippen LogP contribution in [0.3, 0.4) is 0 Å². The normalized spacial score (nSPS) is 11.8. The second kappa shape index (κ2) is 10.8. The Morgan fingerprint density at radius 1 is 1.03 bits per heavy atom. The Kier molecular flexibility index (Phi) is 8.16. The number of aromatic nitrogens is 3. The van der Waals surface area contributed by atoms with Crippen LogP contribution < -0.4 is 15.2 Å². The standard InChI is InChI=1S/C26H32N4O6S/c1-25(2,3)35-23(32)30(24(33)36-26(4,5)6)18-13-20(31)29(15-16-11-9-10-12-19(16)34-7)21-17(18)14-27-22(28-21)37-8/h9-14H,15H2,1-8H3. The number of ether oxygens (including phenoxy) is 3. The van der Waals surface area contributed by atoms with Crippen molar-refractivity contribution in [3.63, 3.8) is 0 Å². The first kappa shape index (κ1) is 28.0. The van der Waals surface area contributed by atoms with Crippen LogP contribution in [0.5, 0.6) is 5.75 Å². The minimum Gasteiger partial charge on any atom is -0.496 e. The predicted molar refractivity (Wildman–Crippen MR) is 143 cm³/mol. The maximum absolute atomic E-state index is 13.5. The van der Waals surface area contributed by atoms with Gasteiger partial charge in [0.05, 0.1) is 24.7 Å². The van der Waals surface area contributed by atoms with Crippen LogP contribution in [0.4, 0.5) is 15.3 Å². The summed E-state index contributed by atoms with van der Waals surface area (Å²) in [5, 5.41) is 0.711. The van der Waals surface area contributed by atoms with E-state index in [1.54, 1.807) is 61.0 Å². The van der Waals surface area contributed by atoms with Gasteiger partial charge in [-0.05, 0) is 53.9 Å². The second-order valence-corrected chi connectivity index (χ2v) is 10.9. The van der Waals surface area contributed by atoms with Crippen LogP contribution in [0.15, 0.2) is 46.5 Å². The number of amides is 2. The van der Waals surface area contributed by atoms with Crippen molar-refractivity contribution in [1.82, 2.24) is 14.5 Å². The van der Waals surface area contributed by atoms with E-state index in [2.05, 4.69) is 9.97 Å². The molecule has 0 saturated heterocycles. The van der Waals surface area contributed by atoms with Crippen LogP contribution in [0.2, 0.25) is 0 Å². The van der Waals surface area contributed by atoms with Crippen molar-refractivity contribution in [2.24, 2.45) is 0 Å². The fourth-order valence-electron chi connectivity index (χ4n) is 3.45. The molecule has 2 aromatic heterocycles. The average molecular weight is 529 g/mol. The van der Waals surface area contributed by atoms with Gasteiger partial charge in [0.25, 0.3) is 5.56 Å². The molecule has 0 bridgehead atoms. The number of methoxy groups -OCH3 is 1. The van der Waals surface area contributed by atoms with E-state index in [9.17, 15) is 14.4 Å². The van der Waals surface area contributed by atoms with Gasteiger partial charge in [-0.15, -0.1) is 0 Å². The lowest BCUT2D eigenvalue weighted by Crippen LogP contribution is -2.44. The SMILES string of the molecule is COc1ccccc1Cn1c(=O)cc(N(C(=O)OC(C)(C)C)C(=O)OC(C)(C)C)c2cnc(SC)nc21. The number of pyridine rings is 1. The van der Waals surface area contributed by atoms with Crippen molar-refractivity contribution in [3.05, 3.63) is 52.4 Å². The number of imide groups is 1. The zero-order chi connectivity index (χ0) is 27.5. The third kappa shape index (κ3) is 6.79. The number of para-hydroxylation sites is 1. The summed E-state index contributed by atoms with van der Waals surface area (Å²) in [6, 6.07) is 8.50. The van der Waals surface area contributed by atoms with Crippen LogP contribution in [0.1, 0.15) is 47.1 Å². The van der Waals surface area contributed by atoms with Gasteiger partial charge < -0.3 is 14.2 Å². The predicted octanol–water partition coefficient (Wildman–Crippen LogP) is 5.25. The minimum absolute atomic E-state index is 0.0348. The van der Waals surface area contributed by atoms with Gasteiger partial charge in [0.2, 0.25) is 0 Å². The van der Waals surface area contributed by atoms with Crippen molar-refractivity contribution in [2.75, 3.05) is 18.3 Å². The van der Waals surface area contributed by atoms with Crippen LogP contribution in [0.25, 0.3) is 11.0 Å². The Morgan fingerprint density at radius 2 is 1.62 bits per heavy atom. The third-order valence-electron chi connectivity index (χ3n) is 4.90. The highest BCUT2D eigenvalue weighted by Gasteiger charge is 2.34. The molecular formula is C26H32N4O6S. The first-order chi connectivity index (χ1) is 17.2. The van der Waals surface area contributed by atoms with Crippen molar-refractivity contribution in [1.29, 1.82) is 0 Å². The zero-order valence-corrected chi connectivity index (χ0v) is 23.1. The average Bonchev–Trinajstić information content (AvgIpc) is 2.79. The number of carbonyl (C=O) groups excluding carboxylic acids is 2. The summed E-state index contributed by atoms with van der Waals surface area (Å²) in [7, 11) is 1.55. The van der Waals surface area contributed by atoms with Gasteiger partial charge >= 0.3 is 12.2 Å². The molecule has 3 aromatic rings. The summed E-state index contributed by atoms with van der Waals surface area (Å²) in [4.78, 5) is 49.6. The Bertz CT molecular complexity index is 1350. The fourth-order valence-corrected chi connectivity index (χ4v) is 3.78. The molecule has 37 heavy (non-hydrogen) atoms. The van der Waals surface area contributed by atoms with Gasteiger partial charge in [0, 0.05) is 17.8 Å². The van der Waals surface area contributed by atoms with Gasteiger partial charge in [-0.2, -0.15) is 4.90 Å². The Balaban J connectivity index is 2.28. The smallest absolute Gasteiger partial charge is 0.424 e. The third-order valence-corrected chi connectivity index (χ3v) is 5.46. The topological polar surface area (TPSA) is 113 Å². The molecule has 1 aromatic carbocycles. The second-order valence-electron chi connectivity index (χ2n) is 10.2. The molecule has 0 unspecified atom stereocenters. The molecule has 0 saturated carbocycles. The quantitative estimate of drug-likeness (QED) is 0.324. The molecule has 0 spiro atoms. The van der Waals surface area contributed by atoms with Crippen LogP contribution in [0, 0.1) is 0 Å². The lowest BCUT2D eigenvalue weighted by molar-refractivity contribution is 0.0431. The summed E-state index contributed by atoms with van der Waals surface area (Å²) in [6.07, 6.45) is 1.31. The van der Waals surface area contributed by atoms with Crippen LogP contribution in [-0.4, -0.2) is 51.3 Å². The number of nitrogens with zero attached hydrogens (tertiary/aromatic N) is 4. The molecule has 198 valence electrons. The molecule has 0 fully saturated rings. The Morgan fingerprint density at radius 3 is 2.16 bits per heavy atom. The number of hydrogen-bond acceptors (Lipinski definition) is 9. The van der Waals surface area contributed by atoms with Gasteiger partial charge in [0.1, 0.15) is 22.6 Å².